The highest BCUT2D eigenvalue weighted by Crippen LogP contribution is 2.10. The van der Waals surface area contributed by atoms with Gasteiger partial charge in [0.25, 0.3) is 0 Å². The summed E-state index contributed by atoms with van der Waals surface area (Å²) in [7, 11) is 0. The van der Waals surface area contributed by atoms with Crippen molar-refractivity contribution in [3.63, 3.8) is 0 Å². The van der Waals surface area contributed by atoms with Crippen LogP contribution in [-0.4, -0.2) is 42.0 Å². The van der Waals surface area contributed by atoms with Crippen LogP contribution in [0.25, 0.3) is 0 Å². The number of nitrogens with one attached hydrogen (secondary N) is 2. The Hall–Kier alpha value is -1.63. The zero-order chi connectivity index (χ0) is 12.1. The molecular formula is C9H15N3O4. The van der Waals surface area contributed by atoms with Gasteiger partial charge in [0.05, 0.1) is 12.5 Å². The molecule has 1 saturated heterocycles. The average molecular weight is 229 g/mol. The topological polar surface area (TPSA) is 122 Å². The predicted octanol–water partition coefficient (Wildman–Crippen LogP) is -2.52. The molecule has 90 valence electrons. The average Bonchev–Trinajstić information content (AvgIpc) is 2.26. The Labute approximate surface area is 92.4 Å². The molecule has 2 unspecified atom stereocenters. The van der Waals surface area contributed by atoms with Crippen molar-refractivity contribution in [2.45, 2.75) is 18.9 Å². The molecule has 0 aliphatic carbocycles. The van der Waals surface area contributed by atoms with Gasteiger partial charge in [-0.05, 0) is 6.42 Å². The summed E-state index contributed by atoms with van der Waals surface area (Å²) in [5.74, 6) is -1.54. The number of aliphatic hydroxyl groups excluding tert-OH is 1. The van der Waals surface area contributed by atoms with Crippen molar-refractivity contribution in [2.24, 2.45) is 11.7 Å². The highest BCUT2D eigenvalue weighted by atomic mass is 16.3. The number of amides is 3. The molecule has 5 N–H and O–H groups in total. The van der Waals surface area contributed by atoms with Crippen molar-refractivity contribution in [1.82, 2.24) is 10.6 Å². The largest absolute Gasteiger partial charge is 0.381 e. The maximum absolute atomic E-state index is 11.5. The van der Waals surface area contributed by atoms with Crippen molar-refractivity contribution in [1.29, 1.82) is 0 Å². The van der Waals surface area contributed by atoms with Crippen molar-refractivity contribution in [2.75, 3.05) is 13.1 Å². The van der Waals surface area contributed by atoms with E-state index in [9.17, 15) is 14.4 Å². The van der Waals surface area contributed by atoms with Gasteiger partial charge in [0, 0.05) is 13.0 Å². The molecule has 0 bridgehead atoms. The number of primary amides is 1. The Morgan fingerprint density at radius 3 is 2.81 bits per heavy atom. The standard InChI is InChI=1S/C9H15N3O4/c10-8(15)6(13)4-12-9(16)5-1-2-7(14)11-3-5/h5-6,13H,1-4H2,(H2,10,15)(H,11,14)(H,12,16). The number of nitrogens with two attached hydrogens (primary N) is 1. The van der Waals surface area contributed by atoms with Crippen LogP contribution < -0.4 is 16.4 Å². The van der Waals surface area contributed by atoms with E-state index in [-0.39, 0.29) is 30.8 Å². The van der Waals surface area contributed by atoms with Gasteiger partial charge in [0.15, 0.2) is 0 Å². The molecule has 1 fully saturated rings. The molecule has 7 nitrogen and oxygen atoms in total. The Bertz CT molecular complexity index is 295. The summed E-state index contributed by atoms with van der Waals surface area (Å²) in [5.41, 5.74) is 4.82. The molecule has 7 heteroatoms. The molecule has 2 atom stereocenters. The molecule has 0 aromatic heterocycles. The van der Waals surface area contributed by atoms with E-state index in [0.29, 0.717) is 12.8 Å². The zero-order valence-corrected chi connectivity index (χ0v) is 8.73. The van der Waals surface area contributed by atoms with Gasteiger partial charge in [-0.2, -0.15) is 0 Å². The number of hydrogen-bond acceptors (Lipinski definition) is 4. The van der Waals surface area contributed by atoms with Crippen molar-refractivity contribution < 1.29 is 19.5 Å². The molecule has 0 saturated carbocycles. The van der Waals surface area contributed by atoms with Crippen LogP contribution in [0, 0.1) is 5.92 Å². The predicted molar refractivity (Wildman–Crippen MR) is 53.9 cm³/mol. The van der Waals surface area contributed by atoms with Crippen LogP contribution in [-0.2, 0) is 14.4 Å². The molecule has 3 amide bonds. The second-order valence-corrected chi connectivity index (χ2v) is 3.70. The van der Waals surface area contributed by atoms with Gasteiger partial charge in [0.1, 0.15) is 6.10 Å². The number of carbonyl (C=O) groups is 3. The third kappa shape index (κ3) is 3.50. The Kier molecular flexibility index (Phi) is 4.24. The Morgan fingerprint density at radius 2 is 2.31 bits per heavy atom. The smallest absolute Gasteiger partial charge is 0.248 e. The molecule has 1 aliphatic heterocycles. The van der Waals surface area contributed by atoms with Crippen molar-refractivity contribution >= 4 is 17.7 Å². The van der Waals surface area contributed by atoms with Crippen LogP contribution in [0.5, 0.6) is 0 Å². The molecule has 0 aromatic carbocycles. The first kappa shape index (κ1) is 12.4. The lowest BCUT2D eigenvalue weighted by atomic mass is 9.98. The Balaban J connectivity index is 2.30. The summed E-state index contributed by atoms with van der Waals surface area (Å²) in [6.45, 7) is 0.0932. The lowest BCUT2D eigenvalue weighted by Crippen LogP contribution is -2.46. The van der Waals surface area contributed by atoms with Gasteiger partial charge in [-0.15, -0.1) is 0 Å². The van der Waals surface area contributed by atoms with E-state index in [0.717, 1.165) is 0 Å². The summed E-state index contributed by atoms with van der Waals surface area (Å²) in [4.78, 5) is 32.8. The lowest BCUT2D eigenvalue weighted by molar-refractivity contribution is -0.130. The number of carbonyl (C=O) groups excluding carboxylic acids is 3. The summed E-state index contributed by atoms with van der Waals surface area (Å²) in [6, 6.07) is 0. The van der Waals surface area contributed by atoms with E-state index >= 15 is 0 Å². The number of piperidine rings is 1. The molecule has 1 aliphatic rings. The van der Waals surface area contributed by atoms with Crippen LogP contribution in [0.3, 0.4) is 0 Å². The minimum absolute atomic E-state index is 0.0683. The molecule has 16 heavy (non-hydrogen) atoms. The molecule has 0 radical (unpaired) electrons. The first-order chi connectivity index (χ1) is 7.50. The molecule has 1 rings (SSSR count). The second-order valence-electron chi connectivity index (χ2n) is 3.70. The van der Waals surface area contributed by atoms with Gasteiger partial charge in [-0.25, -0.2) is 0 Å². The van der Waals surface area contributed by atoms with Gasteiger partial charge >= 0.3 is 0 Å². The summed E-state index contributed by atoms with van der Waals surface area (Å²) in [5, 5.41) is 14.0. The quantitative estimate of drug-likeness (QED) is 0.425. The fourth-order valence-corrected chi connectivity index (χ4v) is 1.40. The molecule has 0 aromatic rings. The normalized spacial score (nSPS) is 22.1. The Morgan fingerprint density at radius 1 is 1.62 bits per heavy atom. The maximum Gasteiger partial charge on any atom is 0.248 e. The SMILES string of the molecule is NC(=O)C(O)CNC(=O)C1CCC(=O)NC1. The molecule has 0 spiro atoms. The zero-order valence-electron chi connectivity index (χ0n) is 8.73. The van der Waals surface area contributed by atoms with Crippen LogP contribution >= 0.6 is 0 Å². The summed E-state index contributed by atoms with van der Waals surface area (Å²) >= 11 is 0. The van der Waals surface area contributed by atoms with E-state index < -0.39 is 12.0 Å². The van der Waals surface area contributed by atoms with Crippen LogP contribution in [0.2, 0.25) is 0 Å². The van der Waals surface area contributed by atoms with E-state index in [4.69, 9.17) is 10.8 Å². The third-order valence-electron chi connectivity index (χ3n) is 2.43. The molecule has 1 heterocycles. The maximum atomic E-state index is 11.5. The third-order valence-corrected chi connectivity index (χ3v) is 2.43. The van der Waals surface area contributed by atoms with E-state index in [1.165, 1.54) is 0 Å². The van der Waals surface area contributed by atoms with Gasteiger partial charge in [-0.1, -0.05) is 0 Å². The minimum Gasteiger partial charge on any atom is -0.381 e. The summed E-state index contributed by atoms with van der Waals surface area (Å²) in [6.07, 6.45) is -0.581. The van der Waals surface area contributed by atoms with Gasteiger partial charge in [-0.3, -0.25) is 14.4 Å². The van der Waals surface area contributed by atoms with E-state index in [1.807, 2.05) is 0 Å². The fraction of sp³-hybridized carbons (Fsp3) is 0.667. The van der Waals surface area contributed by atoms with E-state index in [2.05, 4.69) is 10.6 Å². The van der Waals surface area contributed by atoms with Crippen molar-refractivity contribution in [3.05, 3.63) is 0 Å². The first-order valence-corrected chi connectivity index (χ1v) is 5.02. The van der Waals surface area contributed by atoms with Crippen LogP contribution in [0.15, 0.2) is 0 Å². The summed E-state index contributed by atoms with van der Waals surface area (Å²) < 4.78 is 0. The van der Waals surface area contributed by atoms with Gasteiger partial charge < -0.3 is 21.5 Å². The van der Waals surface area contributed by atoms with E-state index in [1.54, 1.807) is 0 Å². The second kappa shape index (κ2) is 5.45. The number of aliphatic hydroxyl groups is 1. The lowest BCUT2D eigenvalue weighted by Gasteiger charge is -2.21. The van der Waals surface area contributed by atoms with Crippen molar-refractivity contribution in [3.8, 4) is 0 Å². The number of hydrogen-bond donors (Lipinski definition) is 4. The number of rotatable bonds is 4. The van der Waals surface area contributed by atoms with Gasteiger partial charge in [0.2, 0.25) is 17.7 Å². The van der Waals surface area contributed by atoms with Crippen LogP contribution in [0.4, 0.5) is 0 Å². The van der Waals surface area contributed by atoms with Crippen LogP contribution in [0.1, 0.15) is 12.8 Å². The highest BCUT2D eigenvalue weighted by molar-refractivity contribution is 5.84. The monoisotopic (exact) mass is 229 g/mol. The minimum atomic E-state index is -1.37. The molecular weight excluding hydrogens is 214 g/mol. The first-order valence-electron chi connectivity index (χ1n) is 5.02. The fourth-order valence-electron chi connectivity index (χ4n) is 1.40. The highest BCUT2D eigenvalue weighted by Gasteiger charge is 2.24.